The van der Waals surface area contributed by atoms with Crippen molar-refractivity contribution in [1.29, 1.82) is 0 Å². The molecule has 5 rings (SSSR count). The molecular formula is C29H31N3O2S. The fourth-order valence-corrected chi connectivity index (χ4v) is 6.02. The highest BCUT2D eigenvalue weighted by molar-refractivity contribution is 7.15. The molecule has 1 aliphatic carbocycles. The summed E-state index contributed by atoms with van der Waals surface area (Å²) in [7, 11) is 0. The molecular weight excluding hydrogens is 454 g/mol. The molecule has 0 N–H and O–H groups in total. The Hall–Kier alpha value is -3.25. The van der Waals surface area contributed by atoms with E-state index in [-0.39, 0.29) is 17.7 Å². The van der Waals surface area contributed by atoms with Gasteiger partial charge in [-0.25, -0.2) is 4.98 Å². The van der Waals surface area contributed by atoms with Gasteiger partial charge in [0.15, 0.2) is 5.13 Å². The molecule has 35 heavy (non-hydrogen) atoms. The maximum Gasteiger partial charge on any atom is 0.246 e. The van der Waals surface area contributed by atoms with Crippen LogP contribution in [0, 0.1) is 5.92 Å². The third kappa shape index (κ3) is 5.70. The number of piperidine rings is 1. The van der Waals surface area contributed by atoms with E-state index in [0.29, 0.717) is 32.5 Å². The monoisotopic (exact) mass is 485 g/mol. The predicted octanol–water partition coefficient (Wildman–Crippen LogP) is 5.51. The molecule has 1 fully saturated rings. The van der Waals surface area contributed by atoms with Crippen LogP contribution in [0.15, 0.2) is 66.7 Å². The summed E-state index contributed by atoms with van der Waals surface area (Å²) >= 11 is 1.69. The zero-order valence-electron chi connectivity index (χ0n) is 19.9. The van der Waals surface area contributed by atoms with Gasteiger partial charge in [-0.2, -0.15) is 0 Å². The molecule has 0 unspecified atom stereocenters. The van der Waals surface area contributed by atoms with Gasteiger partial charge < -0.3 is 4.90 Å². The quantitative estimate of drug-likeness (QED) is 0.433. The van der Waals surface area contributed by atoms with Crippen molar-refractivity contribution in [1.82, 2.24) is 9.88 Å². The van der Waals surface area contributed by atoms with Gasteiger partial charge in [-0.1, -0.05) is 60.7 Å². The van der Waals surface area contributed by atoms with Gasteiger partial charge in [0.05, 0.1) is 12.2 Å². The molecule has 6 heteroatoms. The molecule has 1 aromatic heterocycles. The second-order valence-electron chi connectivity index (χ2n) is 9.33. The van der Waals surface area contributed by atoms with E-state index in [1.165, 1.54) is 23.4 Å². The first-order valence-corrected chi connectivity index (χ1v) is 13.3. The average Bonchev–Trinajstić information content (AvgIpc) is 3.35. The Bertz CT molecular complexity index is 1160. The molecule has 2 aliphatic rings. The van der Waals surface area contributed by atoms with Crippen molar-refractivity contribution in [2.75, 3.05) is 18.0 Å². The van der Waals surface area contributed by atoms with Gasteiger partial charge in [-0.05, 0) is 55.7 Å². The lowest BCUT2D eigenvalue weighted by Crippen LogP contribution is -2.44. The number of hydrogen-bond acceptors (Lipinski definition) is 4. The van der Waals surface area contributed by atoms with E-state index in [0.717, 1.165) is 29.1 Å². The first kappa shape index (κ1) is 23.5. The first-order chi connectivity index (χ1) is 17.2. The highest BCUT2D eigenvalue weighted by Gasteiger charge is 2.32. The summed E-state index contributed by atoms with van der Waals surface area (Å²) < 4.78 is 0. The molecule has 2 heterocycles. The molecule has 0 atom stereocenters. The van der Waals surface area contributed by atoms with Crippen LogP contribution in [0.3, 0.4) is 0 Å². The maximum atomic E-state index is 13.8. The zero-order valence-corrected chi connectivity index (χ0v) is 20.8. The van der Waals surface area contributed by atoms with Gasteiger partial charge in [-0.15, -0.1) is 11.3 Å². The van der Waals surface area contributed by atoms with Gasteiger partial charge in [0, 0.05) is 30.0 Å². The number of thiazole rings is 1. The number of likely N-dealkylation sites (tertiary alicyclic amines) is 1. The SMILES string of the molecule is O=C(/C=C/c1ccccc1)N1CCC(C(=O)N(Cc2ccccc2)c2nc3c(s2)CCCC3)CC1. The van der Waals surface area contributed by atoms with Gasteiger partial charge in [0.25, 0.3) is 0 Å². The second kappa shape index (κ2) is 11.0. The normalized spacial score (nSPS) is 16.3. The van der Waals surface area contributed by atoms with Crippen molar-refractivity contribution in [2.24, 2.45) is 5.92 Å². The Kier molecular flexibility index (Phi) is 7.38. The third-order valence-corrected chi connectivity index (χ3v) is 8.07. The molecule has 5 nitrogen and oxygen atoms in total. The van der Waals surface area contributed by atoms with E-state index in [9.17, 15) is 9.59 Å². The molecule has 2 aromatic carbocycles. The largest absolute Gasteiger partial charge is 0.339 e. The van der Waals surface area contributed by atoms with Crippen molar-refractivity contribution < 1.29 is 9.59 Å². The lowest BCUT2D eigenvalue weighted by Gasteiger charge is -2.33. The lowest BCUT2D eigenvalue weighted by molar-refractivity contribution is -0.131. The molecule has 0 spiro atoms. The topological polar surface area (TPSA) is 53.5 Å². The van der Waals surface area contributed by atoms with Gasteiger partial charge >= 0.3 is 0 Å². The number of aromatic nitrogens is 1. The van der Waals surface area contributed by atoms with Crippen LogP contribution in [0.25, 0.3) is 6.08 Å². The van der Waals surface area contributed by atoms with Gasteiger partial charge in [0.1, 0.15) is 0 Å². The van der Waals surface area contributed by atoms with E-state index >= 15 is 0 Å². The Labute approximate surface area is 211 Å². The number of nitrogens with zero attached hydrogens (tertiary/aromatic N) is 3. The summed E-state index contributed by atoms with van der Waals surface area (Å²) in [5, 5.41) is 0.829. The molecule has 1 aliphatic heterocycles. The number of fused-ring (bicyclic) bond motifs is 1. The fraction of sp³-hybridized carbons (Fsp3) is 0.345. The average molecular weight is 486 g/mol. The number of benzene rings is 2. The summed E-state index contributed by atoms with van der Waals surface area (Å²) in [4.78, 5) is 36.5. The number of rotatable bonds is 6. The minimum atomic E-state index is -0.0956. The molecule has 0 bridgehead atoms. The molecule has 0 saturated carbocycles. The van der Waals surface area contributed by atoms with Crippen LogP contribution in [-0.2, 0) is 29.0 Å². The minimum absolute atomic E-state index is 0.00786. The van der Waals surface area contributed by atoms with E-state index < -0.39 is 0 Å². The number of amides is 2. The van der Waals surface area contributed by atoms with Gasteiger partial charge in [0.2, 0.25) is 11.8 Å². The summed E-state index contributed by atoms with van der Waals surface area (Å²) in [6, 6.07) is 20.0. The number of carbonyl (C=O) groups excluding carboxylic acids is 2. The number of hydrogen-bond donors (Lipinski definition) is 0. The van der Waals surface area contributed by atoms with Crippen LogP contribution in [0.4, 0.5) is 5.13 Å². The van der Waals surface area contributed by atoms with Gasteiger partial charge in [-0.3, -0.25) is 14.5 Å². The van der Waals surface area contributed by atoms with Crippen LogP contribution in [0.5, 0.6) is 0 Å². The predicted molar refractivity (Wildman–Crippen MR) is 141 cm³/mol. The van der Waals surface area contributed by atoms with E-state index in [2.05, 4.69) is 12.1 Å². The third-order valence-electron chi connectivity index (χ3n) is 6.89. The molecule has 180 valence electrons. The highest BCUT2D eigenvalue weighted by Crippen LogP contribution is 2.34. The fourth-order valence-electron chi connectivity index (χ4n) is 4.86. The van der Waals surface area contributed by atoms with E-state index in [1.807, 2.05) is 64.4 Å². The lowest BCUT2D eigenvalue weighted by atomic mass is 9.95. The Morgan fingerprint density at radius 2 is 1.66 bits per heavy atom. The molecule has 2 amide bonds. The Morgan fingerprint density at radius 3 is 2.37 bits per heavy atom. The van der Waals surface area contributed by atoms with Crippen LogP contribution >= 0.6 is 11.3 Å². The van der Waals surface area contributed by atoms with E-state index in [4.69, 9.17) is 4.98 Å². The minimum Gasteiger partial charge on any atom is -0.339 e. The van der Waals surface area contributed by atoms with E-state index in [1.54, 1.807) is 17.4 Å². The molecule has 3 aromatic rings. The van der Waals surface area contributed by atoms with Crippen LogP contribution in [-0.4, -0.2) is 34.8 Å². The van der Waals surface area contributed by atoms with Crippen molar-refractivity contribution >= 4 is 34.4 Å². The standard InChI is InChI=1S/C29H31N3O2S/c33-27(16-15-22-9-3-1-4-10-22)31-19-17-24(18-20-31)28(34)32(21-23-11-5-2-6-12-23)29-30-25-13-7-8-14-26(25)35-29/h1-6,9-12,15-16,24H,7-8,13-14,17-21H2/b16-15+. The molecule has 1 saturated heterocycles. The summed E-state index contributed by atoms with van der Waals surface area (Å²) in [5.74, 6) is 0.0437. The second-order valence-corrected chi connectivity index (χ2v) is 10.4. The Morgan fingerprint density at radius 1 is 0.971 bits per heavy atom. The summed E-state index contributed by atoms with van der Waals surface area (Å²) in [5.41, 5.74) is 3.29. The molecule has 0 radical (unpaired) electrons. The number of aryl methyl sites for hydroxylation is 2. The number of anilines is 1. The maximum absolute atomic E-state index is 13.8. The Balaban J connectivity index is 1.27. The first-order valence-electron chi connectivity index (χ1n) is 12.5. The summed E-state index contributed by atoms with van der Waals surface area (Å²) in [6.07, 6.45) is 9.30. The van der Waals surface area contributed by atoms with Crippen molar-refractivity contribution in [3.63, 3.8) is 0 Å². The smallest absolute Gasteiger partial charge is 0.246 e. The van der Waals surface area contributed by atoms with Crippen molar-refractivity contribution in [3.05, 3.63) is 88.4 Å². The zero-order chi connectivity index (χ0) is 24.0. The summed E-state index contributed by atoms with van der Waals surface area (Å²) in [6.45, 7) is 1.73. The number of carbonyl (C=O) groups is 2. The van der Waals surface area contributed by atoms with Crippen LogP contribution in [0.2, 0.25) is 0 Å². The van der Waals surface area contributed by atoms with Crippen LogP contribution in [0.1, 0.15) is 47.4 Å². The highest BCUT2D eigenvalue weighted by atomic mass is 32.1. The van der Waals surface area contributed by atoms with Crippen molar-refractivity contribution in [2.45, 2.75) is 45.1 Å². The van der Waals surface area contributed by atoms with Crippen LogP contribution < -0.4 is 4.90 Å². The van der Waals surface area contributed by atoms with Crippen molar-refractivity contribution in [3.8, 4) is 0 Å².